The van der Waals surface area contributed by atoms with Gasteiger partial charge in [0.1, 0.15) is 0 Å². The Morgan fingerprint density at radius 1 is 1.42 bits per heavy atom. The maximum absolute atomic E-state index is 11.8. The predicted molar refractivity (Wildman–Crippen MR) is 68.2 cm³/mol. The summed E-state index contributed by atoms with van der Waals surface area (Å²) in [5.74, 6) is -1.13. The lowest BCUT2D eigenvalue weighted by Gasteiger charge is -2.20. The van der Waals surface area contributed by atoms with E-state index in [0.717, 1.165) is 0 Å². The molecule has 0 saturated heterocycles. The standard InChI is InChI=1S/C13H15N3O3/c1-16(9-5-8-14)13(19)15-11(12(17)18)10-6-3-2-4-7-10/h2-4,6-7,11H,5,9H2,1H3,(H,15,19)(H,17,18)/t11-/m0/s1. The van der Waals surface area contributed by atoms with E-state index in [4.69, 9.17) is 10.4 Å². The van der Waals surface area contributed by atoms with Gasteiger partial charge >= 0.3 is 12.0 Å². The number of carboxylic acids is 1. The Morgan fingerprint density at radius 2 is 2.05 bits per heavy atom. The van der Waals surface area contributed by atoms with Gasteiger partial charge in [0.25, 0.3) is 0 Å². The fourth-order valence-electron chi connectivity index (χ4n) is 1.49. The van der Waals surface area contributed by atoms with E-state index in [1.807, 2.05) is 6.07 Å². The number of rotatable bonds is 5. The van der Waals surface area contributed by atoms with E-state index >= 15 is 0 Å². The van der Waals surface area contributed by atoms with E-state index in [0.29, 0.717) is 5.56 Å². The van der Waals surface area contributed by atoms with Crippen LogP contribution in [0.1, 0.15) is 18.0 Å². The SMILES string of the molecule is CN(CCC#N)C(=O)N[C@H](C(=O)O)c1ccccc1. The zero-order valence-corrected chi connectivity index (χ0v) is 10.5. The van der Waals surface area contributed by atoms with Crippen LogP contribution in [0.2, 0.25) is 0 Å². The Morgan fingerprint density at radius 3 is 2.58 bits per heavy atom. The molecule has 1 aromatic carbocycles. The summed E-state index contributed by atoms with van der Waals surface area (Å²) in [7, 11) is 1.51. The largest absolute Gasteiger partial charge is 0.479 e. The van der Waals surface area contributed by atoms with Crippen LogP contribution in [0.5, 0.6) is 0 Å². The summed E-state index contributed by atoms with van der Waals surface area (Å²) in [5.41, 5.74) is 0.497. The van der Waals surface area contributed by atoms with Gasteiger partial charge in [-0.1, -0.05) is 30.3 Å². The van der Waals surface area contributed by atoms with Gasteiger partial charge in [-0.3, -0.25) is 0 Å². The summed E-state index contributed by atoms with van der Waals surface area (Å²) < 4.78 is 0. The van der Waals surface area contributed by atoms with Crippen LogP contribution < -0.4 is 5.32 Å². The molecule has 0 aliphatic carbocycles. The van der Waals surface area contributed by atoms with Gasteiger partial charge in [0.15, 0.2) is 6.04 Å². The van der Waals surface area contributed by atoms with Gasteiger partial charge in [0, 0.05) is 13.6 Å². The van der Waals surface area contributed by atoms with Gasteiger partial charge in [0.05, 0.1) is 12.5 Å². The number of benzene rings is 1. The van der Waals surface area contributed by atoms with Crippen molar-refractivity contribution in [3.8, 4) is 6.07 Å². The third-order valence-electron chi connectivity index (χ3n) is 2.55. The van der Waals surface area contributed by atoms with Crippen LogP contribution in [-0.2, 0) is 4.79 Å². The average Bonchev–Trinajstić information content (AvgIpc) is 2.42. The minimum Gasteiger partial charge on any atom is -0.479 e. The number of amides is 2. The summed E-state index contributed by atoms with van der Waals surface area (Å²) in [6, 6.07) is 8.75. The summed E-state index contributed by atoms with van der Waals surface area (Å²) in [6.07, 6.45) is 0.201. The molecule has 1 rings (SSSR count). The van der Waals surface area contributed by atoms with Gasteiger partial charge in [-0.05, 0) is 5.56 Å². The number of nitriles is 1. The third-order valence-corrected chi connectivity index (χ3v) is 2.55. The fraction of sp³-hybridized carbons (Fsp3) is 0.308. The highest BCUT2D eigenvalue weighted by atomic mass is 16.4. The Labute approximate surface area is 111 Å². The topological polar surface area (TPSA) is 93.4 Å². The monoisotopic (exact) mass is 261 g/mol. The third kappa shape index (κ3) is 4.32. The van der Waals surface area contributed by atoms with E-state index < -0.39 is 18.0 Å². The first-order valence-corrected chi connectivity index (χ1v) is 5.72. The number of carbonyl (C=O) groups is 2. The Bertz CT molecular complexity index is 482. The van der Waals surface area contributed by atoms with Gasteiger partial charge in [-0.25, -0.2) is 9.59 Å². The zero-order chi connectivity index (χ0) is 14.3. The summed E-state index contributed by atoms with van der Waals surface area (Å²) in [5, 5.41) is 20.0. The van der Waals surface area contributed by atoms with Gasteiger partial charge in [-0.15, -0.1) is 0 Å². The number of urea groups is 1. The highest BCUT2D eigenvalue weighted by Crippen LogP contribution is 2.12. The molecule has 2 amide bonds. The molecule has 6 heteroatoms. The maximum atomic E-state index is 11.8. The van der Waals surface area contributed by atoms with Crippen molar-refractivity contribution < 1.29 is 14.7 Å². The van der Waals surface area contributed by atoms with Crippen LogP contribution in [0.4, 0.5) is 4.79 Å². The first kappa shape index (κ1) is 14.5. The number of hydrogen-bond acceptors (Lipinski definition) is 3. The maximum Gasteiger partial charge on any atom is 0.330 e. The fourth-order valence-corrected chi connectivity index (χ4v) is 1.49. The second-order valence-corrected chi connectivity index (χ2v) is 3.96. The van der Waals surface area contributed by atoms with E-state index in [9.17, 15) is 9.59 Å². The second-order valence-electron chi connectivity index (χ2n) is 3.96. The summed E-state index contributed by atoms with van der Waals surface area (Å²) in [6.45, 7) is 0.253. The van der Waals surface area contributed by atoms with Crippen molar-refractivity contribution in [2.75, 3.05) is 13.6 Å². The van der Waals surface area contributed by atoms with Crippen LogP contribution in [0, 0.1) is 11.3 Å². The number of hydrogen-bond donors (Lipinski definition) is 2. The lowest BCUT2D eigenvalue weighted by molar-refractivity contribution is -0.139. The van der Waals surface area contributed by atoms with E-state index in [1.165, 1.54) is 11.9 Å². The molecule has 0 unspecified atom stereocenters. The molecule has 0 heterocycles. The predicted octanol–water partition coefficient (Wildman–Crippen LogP) is 1.37. The molecule has 6 nitrogen and oxygen atoms in total. The van der Waals surface area contributed by atoms with Crippen molar-refractivity contribution in [2.24, 2.45) is 0 Å². The Kier molecular flexibility index (Phi) is 5.35. The molecule has 100 valence electrons. The Hall–Kier alpha value is -2.55. The minimum atomic E-state index is -1.13. The normalized spacial score (nSPS) is 11.2. The molecule has 0 aliphatic heterocycles. The molecule has 0 bridgehead atoms. The van der Waals surface area contributed by atoms with Gasteiger partial charge in [0.2, 0.25) is 0 Å². The van der Waals surface area contributed by atoms with Crippen molar-refractivity contribution in [1.82, 2.24) is 10.2 Å². The quantitative estimate of drug-likeness (QED) is 0.837. The van der Waals surface area contributed by atoms with Crippen molar-refractivity contribution in [3.05, 3.63) is 35.9 Å². The van der Waals surface area contributed by atoms with E-state index in [-0.39, 0.29) is 13.0 Å². The second kappa shape index (κ2) is 7.01. The van der Waals surface area contributed by atoms with Crippen LogP contribution in [0.25, 0.3) is 0 Å². The first-order chi connectivity index (χ1) is 9.06. The molecule has 1 aromatic rings. The smallest absolute Gasteiger partial charge is 0.330 e. The van der Waals surface area contributed by atoms with E-state index in [2.05, 4.69) is 5.32 Å². The molecule has 0 spiro atoms. The molecule has 0 aliphatic rings. The molecule has 1 atom stereocenters. The van der Waals surface area contributed by atoms with Crippen LogP contribution >= 0.6 is 0 Å². The van der Waals surface area contributed by atoms with Crippen molar-refractivity contribution >= 4 is 12.0 Å². The summed E-state index contributed by atoms with van der Waals surface area (Å²) in [4.78, 5) is 24.2. The van der Waals surface area contributed by atoms with Crippen LogP contribution in [-0.4, -0.2) is 35.6 Å². The summed E-state index contributed by atoms with van der Waals surface area (Å²) >= 11 is 0. The number of nitrogens with one attached hydrogen (secondary N) is 1. The minimum absolute atomic E-state index is 0.201. The lowest BCUT2D eigenvalue weighted by atomic mass is 10.1. The molecule has 0 radical (unpaired) electrons. The molecule has 0 saturated carbocycles. The highest BCUT2D eigenvalue weighted by molar-refractivity contribution is 5.83. The number of nitrogens with zero attached hydrogens (tertiary/aromatic N) is 2. The Balaban J connectivity index is 2.73. The van der Waals surface area contributed by atoms with Crippen molar-refractivity contribution in [1.29, 1.82) is 5.26 Å². The number of carbonyl (C=O) groups excluding carboxylic acids is 1. The molecule has 0 aromatic heterocycles. The van der Waals surface area contributed by atoms with Gasteiger partial charge in [-0.2, -0.15) is 5.26 Å². The number of aliphatic carboxylic acids is 1. The molecule has 2 N–H and O–H groups in total. The zero-order valence-electron chi connectivity index (χ0n) is 10.5. The molecular formula is C13H15N3O3. The number of carboxylic acid groups (broad SMARTS) is 1. The van der Waals surface area contributed by atoms with Gasteiger partial charge < -0.3 is 15.3 Å². The van der Waals surface area contributed by atoms with Crippen LogP contribution in [0.15, 0.2) is 30.3 Å². The van der Waals surface area contributed by atoms with Crippen molar-refractivity contribution in [2.45, 2.75) is 12.5 Å². The first-order valence-electron chi connectivity index (χ1n) is 5.72. The average molecular weight is 261 g/mol. The lowest BCUT2D eigenvalue weighted by Crippen LogP contribution is -2.42. The molecule has 19 heavy (non-hydrogen) atoms. The molecular weight excluding hydrogens is 246 g/mol. The van der Waals surface area contributed by atoms with Crippen molar-refractivity contribution in [3.63, 3.8) is 0 Å². The highest BCUT2D eigenvalue weighted by Gasteiger charge is 2.23. The van der Waals surface area contributed by atoms with Crippen LogP contribution in [0.3, 0.4) is 0 Å². The molecule has 0 fully saturated rings. The van der Waals surface area contributed by atoms with E-state index in [1.54, 1.807) is 30.3 Å².